The van der Waals surface area contributed by atoms with Crippen LogP contribution in [0.1, 0.15) is 27.4 Å². The van der Waals surface area contributed by atoms with Crippen LogP contribution in [0.3, 0.4) is 0 Å². The Morgan fingerprint density at radius 1 is 1.27 bits per heavy atom. The maximum atomic E-state index is 12.1. The van der Waals surface area contributed by atoms with Gasteiger partial charge in [0.25, 0.3) is 5.91 Å². The van der Waals surface area contributed by atoms with E-state index in [1.54, 1.807) is 32.6 Å². The van der Waals surface area contributed by atoms with Gasteiger partial charge in [0.15, 0.2) is 0 Å². The van der Waals surface area contributed by atoms with Crippen molar-refractivity contribution in [1.82, 2.24) is 15.5 Å². The molecule has 112 valence electrons. The Morgan fingerprint density at radius 3 is 2.73 bits per heavy atom. The third-order valence-corrected chi connectivity index (χ3v) is 3.36. The van der Waals surface area contributed by atoms with Gasteiger partial charge in [-0.25, -0.2) is 0 Å². The first-order valence-electron chi connectivity index (χ1n) is 6.83. The summed E-state index contributed by atoms with van der Waals surface area (Å²) in [6, 6.07) is 5.66. The highest BCUT2D eigenvalue weighted by atomic mass is 16.5. The van der Waals surface area contributed by atoms with Crippen LogP contribution in [0, 0.1) is 13.8 Å². The molecule has 0 fully saturated rings. The fraction of sp³-hybridized carbons (Fsp3) is 0.188. The second kappa shape index (κ2) is 5.85. The van der Waals surface area contributed by atoms with Crippen LogP contribution in [-0.4, -0.2) is 16.0 Å². The molecule has 1 amide bonds. The van der Waals surface area contributed by atoms with Gasteiger partial charge in [-0.05, 0) is 31.5 Å². The van der Waals surface area contributed by atoms with E-state index in [-0.39, 0.29) is 5.91 Å². The molecule has 3 heterocycles. The summed E-state index contributed by atoms with van der Waals surface area (Å²) in [6.07, 6.45) is 4.98. The van der Waals surface area contributed by atoms with Gasteiger partial charge in [0, 0.05) is 18.3 Å². The third kappa shape index (κ3) is 2.76. The zero-order valence-electron chi connectivity index (χ0n) is 12.3. The number of amides is 1. The van der Waals surface area contributed by atoms with Crippen molar-refractivity contribution in [2.24, 2.45) is 0 Å². The number of rotatable bonds is 4. The van der Waals surface area contributed by atoms with Gasteiger partial charge in [0.1, 0.15) is 11.3 Å². The first-order chi connectivity index (χ1) is 10.6. The number of nitrogens with one attached hydrogen (secondary N) is 1. The molecule has 3 aromatic heterocycles. The van der Waals surface area contributed by atoms with Crippen molar-refractivity contribution in [3.8, 4) is 11.3 Å². The van der Waals surface area contributed by atoms with Gasteiger partial charge in [-0.2, -0.15) is 0 Å². The van der Waals surface area contributed by atoms with E-state index in [1.165, 1.54) is 0 Å². The van der Waals surface area contributed by atoms with E-state index in [9.17, 15) is 4.79 Å². The van der Waals surface area contributed by atoms with E-state index in [1.807, 2.05) is 18.2 Å². The molecule has 3 aromatic rings. The highest BCUT2D eigenvalue weighted by Crippen LogP contribution is 2.17. The first-order valence-corrected chi connectivity index (χ1v) is 6.83. The lowest BCUT2D eigenvalue weighted by Crippen LogP contribution is -2.23. The predicted molar refractivity (Wildman–Crippen MR) is 79.1 cm³/mol. The fourth-order valence-electron chi connectivity index (χ4n) is 2.19. The molecule has 0 saturated heterocycles. The van der Waals surface area contributed by atoms with Crippen LogP contribution in [0.5, 0.6) is 0 Å². The van der Waals surface area contributed by atoms with Crippen LogP contribution in [0.25, 0.3) is 11.3 Å². The summed E-state index contributed by atoms with van der Waals surface area (Å²) >= 11 is 0. The summed E-state index contributed by atoms with van der Waals surface area (Å²) in [5, 5.41) is 6.62. The number of hydrogen-bond donors (Lipinski definition) is 1. The quantitative estimate of drug-likeness (QED) is 0.800. The zero-order valence-corrected chi connectivity index (χ0v) is 12.3. The number of pyridine rings is 1. The SMILES string of the molecule is Cc1noc(C)c1C(=O)NCc1ccc(-c2ccoc2)nc1. The monoisotopic (exact) mass is 297 g/mol. The van der Waals surface area contributed by atoms with E-state index in [2.05, 4.69) is 15.5 Å². The molecule has 0 atom stereocenters. The summed E-state index contributed by atoms with van der Waals surface area (Å²) in [7, 11) is 0. The lowest BCUT2D eigenvalue weighted by atomic mass is 10.1. The van der Waals surface area contributed by atoms with Crippen molar-refractivity contribution < 1.29 is 13.7 Å². The minimum absolute atomic E-state index is 0.199. The average molecular weight is 297 g/mol. The fourth-order valence-corrected chi connectivity index (χ4v) is 2.19. The summed E-state index contributed by atoms with van der Waals surface area (Å²) in [5.41, 5.74) is 3.74. The molecule has 0 aliphatic heterocycles. The molecule has 1 N–H and O–H groups in total. The van der Waals surface area contributed by atoms with E-state index in [0.29, 0.717) is 23.6 Å². The number of carbonyl (C=O) groups excluding carboxylic acids is 1. The van der Waals surface area contributed by atoms with Crippen LogP contribution in [-0.2, 0) is 6.54 Å². The van der Waals surface area contributed by atoms with Crippen molar-refractivity contribution in [2.45, 2.75) is 20.4 Å². The Morgan fingerprint density at radius 2 is 2.14 bits per heavy atom. The molecule has 0 aromatic carbocycles. The van der Waals surface area contributed by atoms with E-state index >= 15 is 0 Å². The molecule has 0 radical (unpaired) electrons. The van der Waals surface area contributed by atoms with Gasteiger partial charge in [0.2, 0.25) is 0 Å². The van der Waals surface area contributed by atoms with Gasteiger partial charge in [0.05, 0.1) is 23.9 Å². The molecular formula is C16H15N3O3. The maximum Gasteiger partial charge on any atom is 0.257 e. The van der Waals surface area contributed by atoms with E-state index < -0.39 is 0 Å². The average Bonchev–Trinajstić information content (AvgIpc) is 3.16. The van der Waals surface area contributed by atoms with Crippen LogP contribution in [0.15, 0.2) is 45.9 Å². The lowest BCUT2D eigenvalue weighted by Gasteiger charge is -2.05. The molecular weight excluding hydrogens is 282 g/mol. The zero-order chi connectivity index (χ0) is 15.5. The summed E-state index contributed by atoms with van der Waals surface area (Å²) in [5.74, 6) is 0.318. The number of aryl methyl sites for hydroxylation is 2. The number of hydrogen-bond acceptors (Lipinski definition) is 5. The van der Waals surface area contributed by atoms with Crippen molar-refractivity contribution in [3.63, 3.8) is 0 Å². The summed E-state index contributed by atoms with van der Waals surface area (Å²) in [6.45, 7) is 3.85. The Labute approximate surface area is 127 Å². The van der Waals surface area contributed by atoms with Crippen LogP contribution >= 0.6 is 0 Å². The topological polar surface area (TPSA) is 81.2 Å². The van der Waals surface area contributed by atoms with Crippen molar-refractivity contribution in [2.75, 3.05) is 0 Å². The normalized spacial score (nSPS) is 10.6. The minimum atomic E-state index is -0.199. The third-order valence-electron chi connectivity index (χ3n) is 3.36. The van der Waals surface area contributed by atoms with Gasteiger partial charge in [-0.3, -0.25) is 9.78 Å². The minimum Gasteiger partial charge on any atom is -0.472 e. The van der Waals surface area contributed by atoms with Crippen molar-refractivity contribution in [3.05, 3.63) is 59.5 Å². The predicted octanol–water partition coefficient (Wildman–Crippen LogP) is 2.88. The molecule has 6 nitrogen and oxygen atoms in total. The molecule has 0 aliphatic rings. The number of carbonyl (C=O) groups is 1. The standard InChI is InChI=1S/C16H15N3O3/c1-10-15(11(2)22-19-10)16(20)18-8-12-3-4-14(17-7-12)13-5-6-21-9-13/h3-7,9H,8H2,1-2H3,(H,18,20). The van der Waals surface area contributed by atoms with E-state index in [4.69, 9.17) is 8.94 Å². The largest absolute Gasteiger partial charge is 0.472 e. The second-order valence-corrected chi connectivity index (χ2v) is 4.95. The molecule has 6 heteroatoms. The maximum absolute atomic E-state index is 12.1. The van der Waals surface area contributed by atoms with Crippen molar-refractivity contribution in [1.29, 1.82) is 0 Å². The Bertz CT molecular complexity index is 754. The highest BCUT2D eigenvalue weighted by Gasteiger charge is 2.16. The summed E-state index contributed by atoms with van der Waals surface area (Å²) in [4.78, 5) is 16.5. The number of furan rings is 1. The Kier molecular flexibility index (Phi) is 3.74. The molecule has 22 heavy (non-hydrogen) atoms. The first kappa shape index (κ1) is 14.1. The van der Waals surface area contributed by atoms with Crippen LogP contribution in [0.4, 0.5) is 0 Å². The molecule has 3 rings (SSSR count). The number of aromatic nitrogens is 2. The smallest absolute Gasteiger partial charge is 0.257 e. The van der Waals surface area contributed by atoms with Gasteiger partial charge < -0.3 is 14.3 Å². The van der Waals surface area contributed by atoms with Crippen LogP contribution in [0.2, 0.25) is 0 Å². The summed E-state index contributed by atoms with van der Waals surface area (Å²) < 4.78 is 10.0. The van der Waals surface area contributed by atoms with Crippen LogP contribution < -0.4 is 5.32 Å². The molecule has 0 unspecified atom stereocenters. The molecule has 0 saturated carbocycles. The Balaban J connectivity index is 1.66. The van der Waals surface area contributed by atoms with Crippen molar-refractivity contribution >= 4 is 5.91 Å². The van der Waals surface area contributed by atoms with Gasteiger partial charge in [-0.15, -0.1) is 0 Å². The Hall–Kier alpha value is -2.89. The molecule has 0 aliphatic carbocycles. The van der Waals surface area contributed by atoms with Gasteiger partial charge in [-0.1, -0.05) is 11.2 Å². The number of nitrogens with zero attached hydrogens (tertiary/aromatic N) is 2. The highest BCUT2D eigenvalue weighted by molar-refractivity contribution is 5.96. The second-order valence-electron chi connectivity index (χ2n) is 4.95. The molecule has 0 bridgehead atoms. The molecule has 0 spiro atoms. The van der Waals surface area contributed by atoms with E-state index in [0.717, 1.165) is 16.8 Å². The lowest BCUT2D eigenvalue weighted by molar-refractivity contribution is 0.0949. The van der Waals surface area contributed by atoms with Gasteiger partial charge >= 0.3 is 0 Å².